The molecule has 3 aromatic rings. The van der Waals surface area contributed by atoms with Gasteiger partial charge in [0.25, 0.3) is 5.91 Å². The molecule has 2 unspecified atom stereocenters. The van der Waals surface area contributed by atoms with Gasteiger partial charge in [0, 0.05) is 31.4 Å². The lowest BCUT2D eigenvalue weighted by Crippen LogP contribution is -2.46. The molecule has 0 aliphatic carbocycles. The average molecular weight is 447 g/mol. The summed E-state index contributed by atoms with van der Waals surface area (Å²) >= 11 is 0. The second-order valence-electron chi connectivity index (χ2n) is 8.37. The van der Waals surface area contributed by atoms with Gasteiger partial charge in [0.15, 0.2) is 5.82 Å². The molecule has 4 heterocycles. The van der Waals surface area contributed by atoms with E-state index in [1.165, 1.54) is 4.90 Å². The Morgan fingerprint density at radius 3 is 2.42 bits per heavy atom. The number of pyridine rings is 1. The van der Waals surface area contributed by atoms with Crippen molar-refractivity contribution >= 4 is 17.7 Å². The predicted octanol–water partition coefficient (Wildman–Crippen LogP) is 2.38. The molecule has 2 atom stereocenters. The minimum absolute atomic E-state index is 0.0788. The zero-order valence-electron chi connectivity index (χ0n) is 18.5. The maximum Gasteiger partial charge on any atom is 0.327 e. The molecular weight excluding hydrogens is 422 g/mol. The van der Waals surface area contributed by atoms with E-state index in [1.54, 1.807) is 50.6 Å². The summed E-state index contributed by atoms with van der Waals surface area (Å²) in [5, 5.41) is 0. The Balaban J connectivity index is 1.49. The second-order valence-corrected chi connectivity index (χ2v) is 8.37. The Morgan fingerprint density at radius 1 is 1.06 bits per heavy atom. The normalized spacial score (nSPS) is 19.4. The van der Waals surface area contributed by atoms with Crippen molar-refractivity contribution in [1.82, 2.24) is 24.8 Å². The number of nitrogens with zero attached hydrogens (tertiary/aromatic N) is 6. The fourth-order valence-corrected chi connectivity index (χ4v) is 4.16. The van der Waals surface area contributed by atoms with Crippen LogP contribution < -0.4 is 15.4 Å². The van der Waals surface area contributed by atoms with E-state index in [1.807, 2.05) is 6.07 Å². The van der Waals surface area contributed by atoms with Crippen molar-refractivity contribution in [2.24, 2.45) is 0 Å². The molecule has 0 saturated carbocycles. The van der Waals surface area contributed by atoms with Crippen molar-refractivity contribution in [3.8, 4) is 23.1 Å². The van der Waals surface area contributed by atoms with Crippen molar-refractivity contribution in [2.45, 2.75) is 24.9 Å². The molecule has 10 nitrogen and oxygen atoms in total. The average Bonchev–Trinajstić information content (AvgIpc) is 3.07. The van der Waals surface area contributed by atoms with Crippen LogP contribution in [0.3, 0.4) is 0 Å². The van der Waals surface area contributed by atoms with Gasteiger partial charge in [0.2, 0.25) is 5.95 Å². The van der Waals surface area contributed by atoms with E-state index < -0.39 is 0 Å². The third kappa shape index (κ3) is 4.29. The number of amides is 1. The van der Waals surface area contributed by atoms with Gasteiger partial charge < -0.3 is 25.0 Å². The molecule has 2 fully saturated rings. The molecule has 2 aliphatic rings. The van der Waals surface area contributed by atoms with Crippen LogP contribution in [0.2, 0.25) is 0 Å². The molecule has 1 amide bonds. The summed E-state index contributed by atoms with van der Waals surface area (Å²) in [5.41, 5.74) is 7.03. The van der Waals surface area contributed by atoms with Crippen LogP contribution in [0.1, 0.15) is 23.2 Å². The van der Waals surface area contributed by atoms with Gasteiger partial charge in [0.05, 0.1) is 25.3 Å². The third-order valence-electron chi connectivity index (χ3n) is 5.84. The van der Waals surface area contributed by atoms with Gasteiger partial charge >= 0.3 is 6.01 Å². The van der Waals surface area contributed by atoms with E-state index in [-0.39, 0.29) is 24.0 Å². The van der Waals surface area contributed by atoms with E-state index in [0.29, 0.717) is 47.7 Å². The molecule has 0 radical (unpaired) electrons. The lowest BCUT2D eigenvalue weighted by Gasteiger charge is -2.34. The number of nitrogens with two attached hydrogens (primary N) is 1. The Kier molecular flexibility index (Phi) is 5.51. The number of aromatic nitrogens is 4. The fraction of sp³-hybridized carbons (Fsp3) is 0.348. The number of anilines is 2. The number of carbonyl (C=O) groups excluding carboxylic acids is 1. The van der Waals surface area contributed by atoms with Gasteiger partial charge in [-0.05, 0) is 49.2 Å². The molecular formula is C23H25N7O3. The van der Waals surface area contributed by atoms with Crippen molar-refractivity contribution < 1.29 is 14.3 Å². The molecule has 170 valence electrons. The van der Waals surface area contributed by atoms with Crippen LogP contribution in [0.25, 0.3) is 11.4 Å². The number of hydrogen-bond acceptors (Lipinski definition) is 9. The topological polar surface area (TPSA) is 120 Å². The van der Waals surface area contributed by atoms with Crippen LogP contribution in [-0.2, 0) is 4.74 Å². The molecule has 33 heavy (non-hydrogen) atoms. The first-order valence-corrected chi connectivity index (χ1v) is 10.8. The maximum atomic E-state index is 12.1. The monoisotopic (exact) mass is 447 g/mol. The third-order valence-corrected chi connectivity index (χ3v) is 5.84. The summed E-state index contributed by atoms with van der Waals surface area (Å²) in [5.74, 6) is 1.87. The highest BCUT2D eigenvalue weighted by atomic mass is 16.5. The summed E-state index contributed by atoms with van der Waals surface area (Å²) in [4.78, 5) is 33.9. The molecule has 2 aromatic heterocycles. The Bertz CT molecular complexity index is 1140. The van der Waals surface area contributed by atoms with Crippen molar-refractivity contribution in [1.29, 1.82) is 0 Å². The number of morpholine rings is 1. The molecule has 2 saturated heterocycles. The zero-order valence-corrected chi connectivity index (χ0v) is 18.5. The first kappa shape index (κ1) is 21.1. The molecule has 2 bridgehead atoms. The van der Waals surface area contributed by atoms with Crippen molar-refractivity contribution in [3.63, 3.8) is 0 Å². The highest BCUT2D eigenvalue weighted by molar-refractivity contribution is 5.93. The van der Waals surface area contributed by atoms with Crippen LogP contribution in [-0.4, -0.2) is 70.1 Å². The Hall–Kier alpha value is -3.79. The molecule has 1 aromatic carbocycles. The van der Waals surface area contributed by atoms with Gasteiger partial charge in [-0.3, -0.25) is 4.79 Å². The van der Waals surface area contributed by atoms with Gasteiger partial charge in [0.1, 0.15) is 11.6 Å². The number of hydrogen-bond donors (Lipinski definition) is 1. The lowest BCUT2D eigenvalue weighted by atomic mass is 10.2. The van der Waals surface area contributed by atoms with Crippen molar-refractivity contribution in [2.75, 3.05) is 37.9 Å². The lowest BCUT2D eigenvalue weighted by molar-refractivity contribution is 0.0827. The van der Waals surface area contributed by atoms with Crippen LogP contribution >= 0.6 is 0 Å². The largest absolute Gasteiger partial charge is 0.424 e. The first-order chi connectivity index (χ1) is 16.0. The highest BCUT2D eigenvalue weighted by Gasteiger charge is 2.39. The summed E-state index contributed by atoms with van der Waals surface area (Å²) in [6.45, 7) is 1.30. The minimum Gasteiger partial charge on any atom is -0.424 e. The maximum absolute atomic E-state index is 12.1. The van der Waals surface area contributed by atoms with Crippen molar-refractivity contribution in [3.05, 3.63) is 48.2 Å². The van der Waals surface area contributed by atoms with E-state index in [0.717, 1.165) is 12.8 Å². The quantitative estimate of drug-likeness (QED) is 0.628. The van der Waals surface area contributed by atoms with Crippen LogP contribution in [0.5, 0.6) is 11.8 Å². The van der Waals surface area contributed by atoms with E-state index in [9.17, 15) is 4.79 Å². The zero-order chi connectivity index (χ0) is 22.9. The smallest absolute Gasteiger partial charge is 0.327 e. The molecule has 2 N–H and O–H groups in total. The summed E-state index contributed by atoms with van der Waals surface area (Å²) in [7, 11) is 3.43. The standard InChI is InChI=1S/C23H25N7O3/c1-29(2)21(31)14-3-8-18(9-4-14)33-23-27-20(15-5-10-19(24)25-11-15)26-22(28-23)30-16-6-7-17(30)13-32-12-16/h3-5,8-11,16-17H,6-7,12-13H2,1-2H3,(H2,24,25). The molecule has 10 heteroatoms. The number of carbonyl (C=O) groups is 1. The van der Waals surface area contributed by atoms with E-state index >= 15 is 0 Å². The van der Waals surface area contributed by atoms with Gasteiger partial charge in [-0.2, -0.15) is 15.0 Å². The number of rotatable bonds is 5. The first-order valence-electron chi connectivity index (χ1n) is 10.8. The minimum atomic E-state index is -0.0788. The van der Waals surface area contributed by atoms with Gasteiger partial charge in [-0.15, -0.1) is 0 Å². The highest BCUT2D eigenvalue weighted by Crippen LogP contribution is 2.34. The SMILES string of the molecule is CN(C)C(=O)c1ccc(Oc2nc(-c3ccc(N)nc3)nc(N3C4CCC3COC4)n2)cc1. The molecule has 2 aliphatic heterocycles. The Labute approximate surface area is 191 Å². The summed E-state index contributed by atoms with van der Waals surface area (Å²) < 4.78 is 11.7. The number of benzene rings is 1. The Morgan fingerprint density at radius 2 is 1.79 bits per heavy atom. The summed E-state index contributed by atoms with van der Waals surface area (Å²) in [6.07, 6.45) is 3.70. The molecule has 0 spiro atoms. The second kappa shape index (κ2) is 8.62. The van der Waals surface area contributed by atoms with Gasteiger partial charge in [-0.25, -0.2) is 4.98 Å². The van der Waals surface area contributed by atoms with Crippen LogP contribution in [0.15, 0.2) is 42.6 Å². The molecule has 5 rings (SSSR count). The number of nitrogen functional groups attached to an aromatic ring is 1. The van der Waals surface area contributed by atoms with Crippen LogP contribution in [0.4, 0.5) is 11.8 Å². The van der Waals surface area contributed by atoms with Crippen LogP contribution in [0, 0.1) is 0 Å². The number of fused-ring (bicyclic) bond motifs is 2. The van der Waals surface area contributed by atoms with E-state index in [2.05, 4.69) is 19.9 Å². The predicted molar refractivity (Wildman–Crippen MR) is 122 cm³/mol. The number of ether oxygens (including phenoxy) is 2. The van der Waals surface area contributed by atoms with E-state index in [4.69, 9.17) is 20.2 Å². The summed E-state index contributed by atoms with van der Waals surface area (Å²) in [6, 6.07) is 11.0. The van der Waals surface area contributed by atoms with Gasteiger partial charge in [-0.1, -0.05) is 0 Å². The fourth-order valence-electron chi connectivity index (χ4n) is 4.16.